The zero-order chi connectivity index (χ0) is 7.68. The number of thiophene rings is 1. The summed E-state index contributed by atoms with van der Waals surface area (Å²) in [6.45, 7) is 0. The average molecular weight is 230 g/mol. The molecule has 0 N–H and O–H groups in total. The molecule has 0 aromatic carbocycles. The first-order valence-corrected chi connectivity index (χ1v) is 4.41. The summed E-state index contributed by atoms with van der Waals surface area (Å²) in [4.78, 5) is 0.974. The summed E-state index contributed by atoms with van der Waals surface area (Å²) in [6.07, 6.45) is 0. The van der Waals surface area contributed by atoms with E-state index < -0.39 is 0 Å². The van der Waals surface area contributed by atoms with Gasteiger partial charge in [-0.25, -0.2) is 0 Å². The number of nitrogens with zero attached hydrogens (tertiary/aromatic N) is 4. The maximum atomic E-state index is 3.72. The van der Waals surface area contributed by atoms with Crippen LogP contribution in [0.25, 0.3) is 10.7 Å². The Morgan fingerprint density at radius 3 is 2.91 bits per heavy atom. The van der Waals surface area contributed by atoms with Crippen molar-refractivity contribution in [2.75, 3.05) is 0 Å². The Balaban J connectivity index is 2.45. The van der Waals surface area contributed by atoms with Gasteiger partial charge in [0.15, 0.2) is 0 Å². The van der Waals surface area contributed by atoms with E-state index in [1.54, 1.807) is 11.3 Å². The highest BCUT2D eigenvalue weighted by atomic mass is 79.9. The third-order valence-corrected chi connectivity index (χ3v) is 2.73. The molecule has 0 amide bonds. The third-order valence-electron chi connectivity index (χ3n) is 1.11. The van der Waals surface area contributed by atoms with Crippen molar-refractivity contribution in [3.8, 4) is 10.7 Å². The van der Waals surface area contributed by atoms with Crippen molar-refractivity contribution in [3.63, 3.8) is 0 Å². The molecule has 6 heteroatoms. The fourth-order valence-corrected chi connectivity index (χ4v) is 1.99. The van der Waals surface area contributed by atoms with Crippen molar-refractivity contribution >= 4 is 27.3 Å². The monoisotopic (exact) mass is 229 g/mol. The lowest BCUT2D eigenvalue weighted by Gasteiger charge is -1.90. The highest BCUT2D eigenvalue weighted by molar-refractivity contribution is 9.11. The SMILES string of the molecule is Brc1ccc(-c2nnn[n-]2)s1. The van der Waals surface area contributed by atoms with Gasteiger partial charge in [-0.1, -0.05) is 0 Å². The maximum Gasteiger partial charge on any atom is 0.0705 e. The molecule has 11 heavy (non-hydrogen) atoms. The molecule has 0 spiro atoms. The molecule has 2 heterocycles. The molecule has 0 aliphatic rings. The van der Waals surface area contributed by atoms with E-state index in [0.29, 0.717) is 5.82 Å². The zero-order valence-corrected chi connectivity index (χ0v) is 7.63. The second-order valence-electron chi connectivity index (χ2n) is 1.81. The molecule has 0 radical (unpaired) electrons. The van der Waals surface area contributed by atoms with Crippen LogP contribution in [0.1, 0.15) is 0 Å². The molecule has 0 bridgehead atoms. The molecule has 0 aliphatic heterocycles. The molecule has 0 saturated heterocycles. The largest absolute Gasteiger partial charge is 0.330 e. The van der Waals surface area contributed by atoms with Crippen LogP contribution in [0, 0.1) is 0 Å². The van der Waals surface area contributed by atoms with Crippen molar-refractivity contribution in [1.29, 1.82) is 0 Å². The summed E-state index contributed by atoms with van der Waals surface area (Å²) in [7, 11) is 0. The van der Waals surface area contributed by atoms with E-state index in [0.717, 1.165) is 8.66 Å². The molecular weight excluding hydrogens is 228 g/mol. The molecule has 4 nitrogen and oxygen atoms in total. The summed E-state index contributed by atoms with van der Waals surface area (Å²) in [6, 6.07) is 3.86. The van der Waals surface area contributed by atoms with Gasteiger partial charge in [-0.15, -0.1) is 11.3 Å². The molecule has 56 valence electrons. The van der Waals surface area contributed by atoms with Crippen LogP contribution >= 0.6 is 27.3 Å². The fraction of sp³-hybridized carbons (Fsp3) is 0. The van der Waals surface area contributed by atoms with Crippen LogP contribution in [0.2, 0.25) is 0 Å². The second-order valence-corrected chi connectivity index (χ2v) is 4.27. The van der Waals surface area contributed by atoms with Gasteiger partial charge in [0.1, 0.15) is 0 Å². The third kappa shape index (κ3) is 1.31. The number of halogens is 1. The number of hydrogen-bond donors (Lipinski definition) is 0. The number of hydrogen-bond acceptors (Lipinski definition) is 4. The number of tetrazole rings is 1. The maximum absolute atomic E-state index is 3.72. The fourth-order valence-electron chi connectivity index (χ4n) is 0.678. The average Bonchev–Trinajstić information content (AvgIpc) is 2.55. The van der Waals surface area contributed by atoms with Crippen LogP contribution in [0.3, 0.4) is 0 Å². The van der Waals surface area contributed by atoms with Crippen LogP contribution in [0.5, 0.6) is 0 Å². The highest BCUT2D eigenvalue weighted by Gasteiger charge is 1.97. The number of rotatable bonds is 1. The van der Waals surface area contributed by atoms with Crippen LogP contribution in [-0.2, 0) is 0 Å². The molecular formula is C5H2BrN4S-. The van der Waals surface area contributed by atoms with Crippen molar-refractivity contribution in [3.05, 3.63) is 15.9 Å². The van der Waals surface area contributed by atoms with Gasteiger partial charge in [-0.3, -0.25) is 10.3 Å². The van der Waals surface area contributed by atoms with E-state index in [4.69, 9.17) is 0 Å². The molecule has 0 unspecified atom stereocenters. The minimum absolute atomic E-state index is 0.584. The van der Waals surface area contributed by atoms with Gasteiger partial charge >= 0.3 is 0 Å². The minimum atomic E-state index is 0.584. The Morgan fingerprint density at radius 1 is 1.45 bits per heavy atom. The van der Waals surface area contributed by atoms with Gasteiger partial charge in [0.2, 0.25) is 0 Å². The van der Waals surface area contributed by atoms with Gasteiger partial charge < -0.3 is 5.10 Å². The molecule has 0 fully saturated rings. The van der Waals surface area contributed by atoms with E-state index in [-0.39, 0.29) is 0 Å². The van der Waals surface area contributed by atoms with Gasteiger partial charge in [0.25, 0.3) is 0 Å². The predicted octanol–water partition coefficient (Wildman–Crippen LogP) is 1.32. The van der Waals surface area contributed by atoms with E-state index in [9.17, 15) is 0 Å². The summed E-state index contributed by atoms with van der Waals surface area (Å²) in [5.74, 6) is 0.584. The summed E-state index contributed by atoms with van der Waals surface area (Å²) >= 11 is 4.90. The standard InChI is InChI=1S/C5H2BrN4S/c6-4-2-1-3(11-4)5-7-9-10-8-5/h1-2H/q-1. The van der Waals surface area contributed by atoms with Gasteiger partial charge in [-0.05, 0) is 28.1 Å². The van der Waals surface area contributed by atoms with E-state index in [1.807, 2.05) is 12.1 Å². The van der Waals surface area contributed by atoms with Crippen molar-refractivity contribution in [1.82, 2.24) is 20.6 Å². The summed E-state index contributed by atoms with van der Waals surface area (Å²) < 4.78 is 1.05. The van der Waals surface area contributed by atoms with E-state index in [1.165, 1.54) is 0 Å². The van der Waals surface area contributed by atoms with Crippen LogP contribution in [-0.4, -0.2) is 15.5 Å². The molecule has 0 aliphatic carbocycles. The Hall–Kier alpha value is -0.750. The topological polar surface area (TPSA) is 52.8 Å². The Bertz CT molecular complexity index is 341. The lowest BCUT2D eigenvalue weighted by atomic mass is 10.5. The van der Waals surface area contributed by atoms with Gasteiger partial charge in [0.05, 0.1) is 3.79 Å². The van der Waals surface area contributed by atoms with E-state index >= 15 is 0 Å². The van der Waals surface area contributed by atoms with Crippen LogP contribution < -0.4 is 5.10 Å². The first-order valence-electron chi connectivity index (χ1n) is 2.81. The Morgan fingerprint density at radius 2 is 2.36 bits per heavy atom. The van der Waals surface area contributed by atoms with Crippen molar-refractivity contribution in [2.45, 2.75) is 0 Å². The quantitative estimate of drug-likeness (QED) is 0.741. The lowest BCUT2D eigenvalue weighted by Crippen LogP contribution is -1.76. The summed E-state index contributed by atoms with van der Waals surface area (Å²) in [5.41, 5.74) is 0. The molecule has 2 rings (SSSR count). The van der Waals surface area contributed by atoms with Crippen LogP contribution in [0.4, 0.5) is 0 Å². The first-order chi connectivity index (χ1) is 5.36. The summed E-state index contributed by atoms with van der Waals surface area (Å²) in [5, 5.41) is 14.2. The minimum Gasteiger partial charge on any atom is -0.330 e. The van der Waals surface area contributed by atoms with Crippen molar-refractivity contribution in [2.24, 2.45) is 0 Å². The smallest absolute Gasteiger partial charge is 0.0705 e. The first kappa shape index (κ1) is 6.93. The molecule has 2 aromatic rings. The van der Waals surface area contributed by atoms with Crippen molar-refractivity contribution < 1.29 is 0 Å². The number of aromatic nitrogens is 4. The molecule has 2 aromatic heterocycles. The lowest BCUT2D eigenvalue weighted by molar-refractivity contribution is 0.871. The highest BCUT2D eigenvalue weighted by Crippen LogP contribution is 2.27. The Labute approximate surface area is 74.8 Å². The Kier molecular flexibility index (Phi) is 1.71. The predicted molar refractivity (Wildman–Crippen MR) is 44.2 cm³/mol. The zero-order valence-electron chi connectivity index (χ0n) is 5.23. The second kappa shape index (κ2) is 2.71. The van der Waals surface area contributed by atoms with Crippen LogP contribution in [0.15, 0.2) is 15.9 Å². The normalized spacial score (nSPS) is 10.3. The molecule has 0 saturated carbocycles. The molecule has 0 atom stereocenters. The van der Waals surface area contributed by atoms with E-state index in [2.05, 4.69) is 36.6 Å². The van der Waals surface area contributed by atoms with Gasteiger partial charge in [-0.2, -0.15) is 5.21 Å². The van der Waals surface area contributed by atoms with Gasteiger partial charge in [0, 0.05) is 10.7 Å².